The van der Waals surface area contributed by atoms with E-state index in [9.17, 15) is 18.0 Å². The molecule has 1 aromatic carbocycles. The first-order chi connectivity index (χ1) is 12.9. The highest BCUT2D eigenvalue weighted by Gasteiger charge is 2.30. The Balaban J connectivity index is 1.44. The maximum absolute atomic E-state index is 12.7. The van der Waals surface area contributed by atoms with E-state index in [0.717, 1.165) is 18.0 Å². The average molecular weight is 378 g/mol. The fourth-order valence-corrected chi connectivity index (χ4v) is 3.00. The number of nitrogens with one attached hydrogen (secondary N) is 1. The molecule has 2 aromatic rings. The maximum atomic E-state index is 12.7. The maximum Gasteiger partial charge on any atom is 0.416 e. The molecular formula is C19H21F3N4O. The number of hydrogen-bond acceptors (Lipinski definition) is 4. The van der Waals surface area contributed by atoms with E-state index in [-0.39, 0.29) is 12.3 Å². The number of benzene rings is 1. The number of carbonyl (C=O) groups excluding carboxylic acids is 1. The Morgan fingerprint density at radius 1 is 1.07 bits per heavy atom. The highest BCUT2D eigenvalue weighted by molar-refractivity contribution is 5.77. The van der Waals surface area contributed by atoms with E-state index in [1.165, 1.54) is 6.07 Å². The van der Waals surface area contributed by atoms with Gasteiger partial charge in [0, 0.05) is 51.0 Å². The molecule has 1 saturated heterocycles. The summed E-state index contributed by atoms with van der Waals surface area (Å²) in [5.74, 6) is 0.894. The Morgan fingerprint density at radius 2 is 1.85 bits per heavy atom. The van der Waals surface area contributed by atoms with Crippen LogP contribution in [-0.4, -0.2) is 48.5 Å². The number of piperazine rings is 1. The number of aromatic nitrogens is 1. The van der Waals surface area contributed by atoms with Crippen LogP contribution < -0.4 is 10.2 Å². The van der Waals surface area contributed by atoms with Crippen LogP contribution in [0.4, 0.5) is 24.7 Å². The zero-order valence-corrected chi connectivity index (χ0v) is 14.7. The lowest BCUT2D eigenvalue weighted by Gasteiger charge is -2.35. The summed E-state index contributed by atoms with van der Waals surface area (Å²) >= 11 is 0. The minimum atomic E-state index is -4.37. The van der Waals surface area contributed by atoms with E-state index in [1.807, 2.05) is 18.2 Å². The lowest BCUT2D eigenvalue weighted by atomic mass is 10.2. The second-order valence-electron chi connectivity index (χ2n) is 6.31. The third-order valence-corrected chi connectivity index (χ3v) is 4.46. The standard InChI is InChI=1S/C19H21F3N4O/c20-19(21,22)15-4-3-5-16(14-15)23-9-7-18(27)26-12-10-25(11-13-26)17-6-1-2-8-24-17/h1-6,8,14,23H,7,9-13H2. The fraction of sp³-hybridized carbons (Fsp3) is 0.368. The number of carbonyl (C=O) groups is 1. The predicted molar refractivity (Wildman–Crippen MR) is 97.6 cm³/mol. The fourth-order valence-electron chi connectivity index (χ4n) is 3.00. The zero-order valence-electron chi connectivity index (χ0n) is 14.7. The van der Waals surface area contributed by atoms with Gasteiger partial charge in [0.2, 0.25) is 5.91 Å². The molecule has 8 heteroatoms. The van der Waals surface area contributed by atoms with E-state index >= 15 is 0 Å². The number of pyridine rings is 1. The van der Waals surface area contributed by atoms with Crippen molar-refractivity contribution in [3.8, 4) is 0 Å². The Bertz CT molecular complexity index is 759. The van der Waals surface area contributed by atoms with E-state index in [1.54, 1.807) is 17.2 Å². The molecule has 0 unspecified atom stereocenters. The largest absolute Gasteiger partial charge is 0.416 e. The molecule has 0 saturated carbocycles. The molecule has 27 heavy (non-hydrogen) atoms. The molecule has 5 nitrogen and oxygen atoms in total. The first-order valence-electron chi connectivity index (χ1n) is 8.78. The normalized spacial score (nSPS) is 14.9. The van der Waals surface area contributed by atoms with Crippen LogP contribution in [0, 0.1) is 0 Å². The van der Waals surface area contributed by atoms with E-state index in [0.29, 0.717) is 38.4 Å². The van der Waals surface area contributed by atoms with Crippen LogP contribution in [0.3, 0.4) is 0 Å². The molecule has 0 aliphatic carbocycles. The topological polar surface area (TPSA) is 48.5 Å². The van der Waals surface area contributed by atoms with Gasteiger partial charge in [-0.3, -0.25) is 4.79 Å². The molecule has 0 spiro atoms. The Morgan fingerprint density at radius 3 is 2.52 bits per heavy atom. The van der Waals surface area contributed by atoms with Gasteiger partial charge < -0.3 is 15.1 Å². The highest BCUT2D eigenvalue weighted by Crippen LogP contribution is 2.30. The van der Waals surface area contributed by atoms with E-state index in [2.05, 4.69) is 15.2 Å². The third kappa shape index (κ3) is 5.12. The highest BCUT2D eigenvalue weighted by atomic mass is 19.4. The molecule has 0 atom stereocenters. The van der Waals surface area contributed by atoms with Crippen LogP contribution in [0.1, 0.15) is 12.0 Å². The van der Waals surface area contributed by atoms with Gasteiger partial charge in [-0.2, -0.15) is 13.2 Å². The van der Waals surface area contributed by atoms with Crippen LogP contribution in [0.15, 0.2) is 48.7 Å². The van der Waals surface area contributed by atoms with Crippen LogP contribution >= 0.6 is 0 Å². The van der Waals surface area contributed by atoms with Gasteiger partial charge in [0.15, 0.2) is 0 Å². The predicted octanol–water partition coefficient (Wildman–Crippen LogP) is 3.25. The zero-order chi connectivity index (χ0) is 19.3. The molecule has 0 bridgehead atoms. The summed E-state index contributed by atoms with van der Waals surface area (Å²) in [4.78, 5) is 20.6. The molecule has 1 aromatic heterocycles. The van der Waals surface area contributed by atoms with E-state index in [4.69, 9.17) is 0 Å². The van der Waals surface area contributed by atoms with Gasteiger partial charge in [-0.25, -0.2) is 4.98 Å². The summed E-state index contributed by atoms with van der Waals surface area (Å²) < 4.78 is 38.2. The molecule has 1 N–H and O–H groups in total. The molecule has 1 aliphatic heterocycles. The molecule has 144 valence electrons. The second-order valence-corrected chi connectivity index (χ2v) is 6.31. The second kappa shape index (κ2) is 8.28. The van der Waals surface area contributed by atoms with Gasteiger partial charge in [0.25, 0.3) is 0 Å². The van der Waals surface area contributed by atoms with Crippen LogP contribution in [-0.2, 0) is 11.0 Å². The summed E-state index contributed by atoms with van der Waals surface area (Å²) in [5, 5.41) is 2.89. The first-order valence-corrected chi connectivity index (χ1v) is 8.78. The van der Waals surface area contributed by atoms with Crippen molar-refractivity contribution in [2.24, 2.45) is 0 Å². The molecular weight excluding hydrogens is 357 g/mol. The van der Waals surface area contributed by atoms with Crippen molar-refractivity contribution >= 4 is 17.4 Å². The number of rotatable bonds is 5. The smallest absolute Gasteiger partial charge is 0.385 e. The summed E-state index contributed by atoms with van der Waals surface area (Å²) in [7, 11) is 0. The number of nitrogens with zero attached hydrogens (tertiary/aromatic N) is 3. The Hall–Kier alpha value is -2.77. The van der Waals surface area contributed by atoms with Crippen molar-refractivity contribution in [2.75, 3.05) is 42.9 Å². The quantitative estimate of drug-likeness (QED) is 0.868. The van der Waals surface area contributed by atoms with Crippen LogP contribution in [0.5, 0.6) is 0 Å². The molecule has 2 heterocycles. The van der Waals surface area contributed by atoms with Crippen molar-refractivity contribution < 1.29 is 18.0 Å². The van der Waals surface area contributed by atoms with Gasteiger partial charge >= 0.3 is 6.18 Å². The summed E-state index contributed by atoms with van der Waals surface area (Å²) in [6, 6.07) is 10.7. The molecule has 3 rings (SSSR count). The van der Waals surface area contributed by atoms with Crippen LogP contribution in [0.25, 0.3) is 0 Å². The molecule has 1 fully saturated rings. The summed E-state index contributed by atoms with van der Waals surface area (Å²) in [6.07, 6.45) is -2.40. The monoisotopic (exact) mass is 378 g/mol. The van der Waals surface area contributed by atoms with Gasteiger partial charge in [-0.15, -0.1) is 0 Å². The minimum Gasteiger partial charge on any atom is -0.385 e. The van der Waals surface area contributed by atoms with Gasteiger partial charge in [-0.05, 0) is 30.3 Å². The number of anilines is 2. The van der Waals surface area contributed by atoms with Crippen LogP contribution in [0.2, 0.25) is 0 Å². The molecule has 0 radical (unpaired) electrons. The van der Waals surface area contributed by atoms with Gasteiger partial charge in [0.1, 0.15) is 5.82 Å². The number of amides is 1. The van der Waals surface area contributed by atoms with Crippen molar-refractivity contribution in [3.63, 3.8) is 0 Å². The van der Waals surface area contributed by atoms with Gasteiger partial charge in [0.05, 0.1) is 5.56 Å². The number of hydrogen-bond donors (Lipinski definition) is 1. The number of halogens is 3. The number of alkyl halides is 3. The Labute approximate surface area is 155 Å². The van der Waals surface area contributed by atoms with Crippen molar-refractivity contribution in [1.29, 1.82) is 0 Å². The lowest BCUT2D eigenvalue weighted by molar-refractivity contribution is -0.137. The van der Waals surface area contributed by atoms with Crippen molar-refractivity contribution in [3.05, 3.63) is 54.2 Å². The van der Waals surface area contributed by atoms with Gasteiger partial charge in [-0.1, -0.05) is 12.1 Å². The third-order valence-electron chi connectivity index (χ3n) is 4.46. The average Bonchev–Trinajstić information content (AvgIpc) is 2.68. The lowest BCUT2D eigenvalue weighted by Crippen LogP contribution is -2.49. The first kappa shape index (κ1) is 19.0. The van der Waals surface area contributed by atoms with Crippen molar-refractivity contribution in [1.82, 2.24) is 9.88 Å². The Kier molecular flexibility index (Phi) is 5.83. The van der Waals surface area contributed by atoms with E-state index < -0.39 is 11.7 Å². The summed E-state index contributed by atoms with van der Waals surface area (Å²) in [5.41, 5.74) is -0.345. The van der Waals surface area contributed by atoms with Crippen molar-refractivity contribution in [2.45, 2.75) is 12.6 Å². The molecule has 1 aliphatic rings. The summed E-state index contributed by atoms with van der Waals surface area (Å²) in [6.45, 7) is 2.94. The SMILES string of the molecule is O=C(CCNc1cccc(C(F)(F)F)c1)N1CCN(c2ccccn2)CC1. The minimum absolute atomic E-state index is 0.00449. The molecule has 1 amide bonds.